The number of nitrogens with zero attached hydrogens (tertiary/aromatic N) is 1. The van der Waals surface area contributed by atoms with Gasteiger partial charge in [0, 0.05) is 26.2 Å². The normalized spacial score (nSPS) is 17.2. The zero-order valence-corrected chi connectivity index (χ0v) is 9.95. The fraction of sp³-hybridized carbons (Fsp3) is 0.429. The van der Waals surface area contributed by atoms with Crippen LogP contribution in [0, 0.1) is 6.92 Å². The van der Waals surface area contributed by atoms with E-state index in [4.69, 9.17) is 5.73 Å². The van der Waals surface area contributed by atoms with Crippen molar-refractivity contribution in [2.75, 3.05) is 19.6 Å². The summed E-state index contributed by atoms with van der Waals surface area (Å²) in [5.74, 6) is 0. The largest absolute Gasteiger partial charge is 0.327 e. The molecule has 1 aromatic rings. The van der Waals surface area contributed by atoms with E-state index in [0.29, 0.717) is 0 Å². The van der Waals surface area contributed by atoms with Crippen molar-refractivity contribution in [3.63, 3.8) is 0 Å². The third-order valence-electron chi connectivity index (χ3n) is 3.18. The lowest BCUT2D eigenvalue weighted by atomic mass is 10.1. The molecule has 0 aromatic heterocycles. The summed E-state index contributed by atoms with van der Waals surface area (Å²) in [7, 11) is 0. The van der Waals surface area contributed by atoms with E-state index in [1.807, 2.05) is 0 Å². The van der Waals surface area contributed by atoms with E-state index in [2.05, 4.69) is 42.2 Å². The van der Waals surface area contributed by atoms with E-state index in [1.165, 1.54) is 16.7 Å². The molecule has 16 heavy (non-hydrogen) atoms. The number of hydrogen-bond acceptors (Lipinski definition) is 2. The van der Waals surface area contributed by atoms with Crippen LogP contribution < -0.4 is 5.73 Å². The van der Waals surface area contributed by atoms with Gasteiger partial charge in [-0.25, -0.2) is 0 Å². The van der Waals surface area contributed by atoms with E-state index in [9.17, 15) is 0 Å². The molecule has 0 amide bonds. The third kappa shape index (κ3) is 2.94. The maximum atomic E-state index is 5.63. The van der Waals surface area contributed by atoms with Gasteiger partial charge in [0.25, 0.3) is 0 Å². The number of benzene rings is 1. The lowest BCUT2D eigenvalue weighted by Crippen LogP contribution is -2.29. The molecule has 0 radical (unpaired) electrons. The highest BCUT2D eigenvalue weighted by molar-refractivity contribution is 5.21. The Morgan fingerprint density at radius 2 is 2.00 bits per heavy atom. The molecule has 86 valence electrons. The quantitative estimate of drug-likeness (QED) is 0.784. The van der Waals surface area contributed by atoms with Crippen molar-refractivity contribution in [3.05, 3.63) is 47.0 Å². The maximum absolute atomic E-state index is 5.63. The Kier molecular flexibility index (Phi) is 3.75. The van der Waals surface area contributed by atoms with Gasteiger partial charge in [-0.2, -0.15) is 0 Å². The van der Waals surface area contributed by atoms with Gasteiger partial charge in [0.15, 0.2) is 0 Å². The van der Waals surface area contributed by atoms with Crippen molar-refractivity contribution < 1.29 is 0 Å². The molecule has 2 heteroatoms. The Hall–Kier alpha value is -1.12. The third-order valence-corrected chi connectivity index (χ3v) is 3.18. The highest BCUT2D eigenvalue weighted by atomic mass is 15.1. The van der Waals surface area contributed by atoms with Crippen LogP contribution >= 0.6 is 0 Å². The molecule has 1 aromatic carbocycles. The van der Waals surface area contributed by atoms with Crippen LogP contribution in [-0.2, 0) is 6.54 Å². The Bertz CT molecular complexity index is 365. The average Bonchev–Trinajstić information content (AvgIpc) is 2.33. The Morgan fingerprint density at radius 1 is 1.25 bits per heavy atom. The molecule has 2 rings (SSSR count). The van der Waals surface area contributed by atoms with Crippen molar-refractivity contribution in [1.29, 1.82) is 0 Å². The van der Waals surface area contributed by atoms with Crippen LogP contribution in [0.1, 0.15) is 17.5 Å². The number of rotatable bonds is 3. The average molecular weight is 216 g/mol. The summed E-state index contributed by atoms with van der Waals surface area (Å²) in [4.78, 5) is 2.46. The summed E-state index contributed by atoms with van der Waals surface area (Å²) in [6, 6.07) is 8.80. The molecule has 0 aliphatic carbocycles. The minimum absolute atomic E-state index is 0.721. The van der Waals surface area contributed by atoms with Crippen LogP contribution in [-0.4, -0.2) is 24.5 Å². The topological polar surface area (TPSA) is 29.3 Å². The molecule has 0 bridgehead atoms. The van der Waals surface area contributed by atoms with Crippen molar-refractivity contribution in [2.45, 2.75) is 19.9 Å². The van der Waals surface area contributed by atoms with Crippen molar-refractivity contribution in [2.24, 2.45) is 5.73 Å². The Labute approximate surface area is 97.8 Å². The molecule has 0 atom stereocenters. The summed E-state index contributed by atoms with van der Waals surface area (Å²) in [5, 5.41) is 0. The van der Waals surface area contributed by atoms with Gasteiger partial charge in [-0.1, -0.05) is 41.5 Å². The summed E-state index contributed by atoms with van der Waals surface area (Å²) >= 11 is 0. The summed E-state index contributed by atoms with van der Waals surface area (Å²) in [5.41, 5.74) is 9.76. The van der Waals surface area contributed by atoms with E-state index in [0.717, 1.165) is 32.6 Å². The maximum Gasteiger partial charge on any atom is 0.0237 e. The van der Waals surface area contributed by atoms with E-state index >= 15 is 0 Å². The summed E-state index contributed by atoms with van der Waals surface area (Å²) < 4.78 is 0. The Morgan fingerprint density at radius 3 is 2.56 bits per heavy atom. The van der Waals surface area contributed by atoms with Gasteiger partial charge in [0.2, 0.25) is 0 Å². The van der Waals surface area contributed by atoms with Crippen LogP contribution in [0.25, 0.3) is 0 Å². The van der Waals surface area contributed by atoms with Gasteiger partial charge < -0.3 is 5.73 Å². The second kappa shape index (κ2) is 5.28. The lowest BCUT2D eigenvalue weighted by Gasteiger charge is -2.25. The molecule has 2 N–H and O–H groups in total. The first-order valence-corrected chi connectivity index (χ1v) is 5.94. The van der Waals surface area contributed by atoms with Crippen LogP contribution in [0.2, 0.25) is 0 Å². The second-order valence-corrected chi connectivity index (χ2v) is 4.54. The summed E-state index contributed by atoms with van der Waals surface area (Å²) in [6.07, 6.45) is 3.40. The molecular weight excluding hydrogens is 196 g/mol. The first kappa shape index (κ1) is 11.4. The first-order chi connectivity index (χ1) is 7.78. The first-order valence-electron chi connectivity index (χ1n) is 5.94. The van der Waals surface area contributed by atoms with E-state index in [-0.39, 0.29) is 0 Å². The Balaban J connectivity index is 1.92. The SMILES string of the molecule is Cc1ccc(CN2CC=C(CN)CC2)cc1. The molecule has 0 saturated carbocycles. The highest BCUT2D eigenvalue weighted by Crippen LogP contribution is 2.13. The predicted molar refractivity (Wildman–Crippen MR) is 68.2 cm³/mol. The lowest BCUT2D eigenvalue weighted by molar-refractivity contribution is 0.285. The summed E-state index contributed by atoms with van der Waals surface area (Å²) in [6.45, 7) is 6.07. The fourth-order valence-corrected chi connectivity index (χ4v) is 2.03. The molecule has 1 aliphatic rings. The fourth-order valence-electron chi connectivity index (χ4n) is 2.03. The minimum Gasteiger partial charge on any atom is -0.327 e. The van der Waals surface area contributed by atoms with Crippen LogP contribution in [0.3, 0.4) is 0 Å². The second-order valence-electron chi connectivity index (χ2n) is 4.54. The highest BCUT2D eigenvalue weighted by Gasteiger charge is 2.10. The molecule has 2 nitrogen and oxygen atoms in total. The van der Waals surface area contributed by atoms with Gasteiger partial charge in [-0.15, -0.1) is 0 Å². The van der Waals surface area contributed by atoms with E-state index in [1.54, 1.807) is 0 Å². The molecule has 1 aliphatic heterocycles. The van der Waals surface area contributed by atoms with Gasteiger partial charge in [0.05, 0.1) is 0 Å². The zero-order chi connectivity index (χ0) is 11.4. The van der Waals surface area contributed by atoms with Crippen molar-refractivity contribution >= 4 is 0 Å². The van der Waals surface area contributed by atoms with E-state index < -0.39 is 0 Å². The standard InChI is InChI=1S/C14H20N2/c1-12-2-4-14(5-3-12)11-16-8-6-13(10-15)7-9-16/h2-6H,7-11,15H2,1H3. The minimum atomic E-state index is 0.721. The van der Waals surface area contributed by atoms with Crippen LogP contribution in [0.15, 0.2) is 35.9 Å². The van der Waals surface area contributed by atoms with Crippen molar-refractivity contribution in [3.8, 4) is 0 Å². The number of aryl methyl sites for hydroxylation is 1. The van der Waals surface area contributed by atoms with Gasteiger partial charge in [-0.3, -0.25) is 4.90 Å². The van der Waals surface area contributed by atoms with Gasteiger partial charge in [0.1, 0.15) is 0 Å². The van der Waals surface area contributed by atoms with Gasteiger partial charge >= 0.3 is 0 Å². The number of nitrogens with two attached hydrogens (primary N) is 1. The molecule has 0 fully saturated rings. The molecule has 0 unspecified atom stereocenters. The molecule has 1 heterocycles. The van der Waals surface area contributed by atoms with Gasteiger partial charge in [-0.05, 0) is 18.9 Å². The van der Waals surface area contributed by atoms with Crippen molar-refractivity contribution in [1.82, 2.24) is 4.90 Å². The monoisotopic (exact) mass is 216 g/mol. The molecular formula is C14H20N2. The zero-order valence-electron chi connectivity index (χ0n) is 9.95. The predicted octanol–water partition coefficient (Wildman–Crippen LogP) is 2.09. The van der Waals surface area contributed by atoms with Crippen LogP contribution in [0.4, 0.5) is 0 Å². The molecule has 0 saturated heterocycles. The van der Waals surface area contributed by atoms with Crippen LogP contribution in [0.5, 0.6) is 0 Å². The number of hydrogen-bond donors (Lipinski definition) is 1. The smallest absolute Gasteiger partial charge is 0.0237 e. The molecule has 0 spiro atoms.